The van der Waals surface area contributed by atoms with Gasteiger partial charge < -0.3 is 4.74 Å². The average Bonchev–Trinajstić information content (AvgIpc) is 3.39. The van der Waals surface area contributed by atoms with Crippen molar-refractivity contribution in [2.24, 2.45) is 0 Å². The van der Waals surface area contributed by atoms with E-state index in [4.69, 9.17) is 4.74 Å². The molecule has 6 nitrogen and oxygen atoms in total. The Morgan fingerprint density at radius 3 is 2.61 bits per heavy atom. The van der Waals surface area contributed by atoms with Gasteiger partial charge in [-0.15, -0.1) is 0 Å². The van der Waals surface area contributed by atoms with Crippen molar-refractivity contribution in [2.75, 3.05) is 23.8 Å². The van der Waals surface area contributed by atoms with E-state index in [1.165, 1.54) is 11.3 Å². The molecule has 164 valence electrons. The summed E-state index contributed by atoms with van der Waals surface area (Å²) in [6.45, 7) is 5.00. The predicted octanol–water partition coefficient (Wildman–Crippen LogP) is 4.29. The Morgan fingerprint density at radius 1 is 1.16 bits per heavy atom. The normalized spacial score (nSPS) is 16.6. The number of rotatable bonds is 7. The lowest BCUT2D eigenvalue weighted by atomic mass is 10.2. The van der Waals surface area contributed by atoms with E-state index in [9.17, 15) is 13.2 Å². The van der Waals surface area contributed by atoms with Crippen molar-refractivity contribution in [1.82, 2.24) is 4.98 Å². The summed E-state index contributed by atoms with van der Waals surface area (Å²) in [5, 5.41) is 0.592. The van der Waals surface area contributed by atoms with Gasteiger partial charge in [-0.05, 0) is 56.5 Å². The standard InChI is InChI=1S/C23H26N2O4S2/c1-16-5-8-19(9-6-16)31(27,28)13-11-22(26)25(15-18-4-3-12-29-18)23-24-20-10-7-17(2)14-21(20)30-23/h5-10,14,18H,3-4,11-13,15H2,1-2H3. The SMILES string of the molecule is Cc1ccc(S(=O)(=O)CCC(=O)N(CC2CCCO2)c2nc3ccc(C)cc3s2)cc1. The maximum atomic E-state index is 13.2. The molecule has 0 aliphatic carbocycles. The van der Waals surface area contributed by atoms with E-state index in [0.29, 0.717) is 18.3 Å². The van der Waals surface area contributed by atoms with Gasteiger partial charge in [-0.2, -0.15) is 0 Å². The van der Waals surface area contributed by atoms with E-state index in [2.05, 4.69) is 4.98 Å². The smallest absolute Gasteiger partial charge is 0.229 e. The number of benzene rings is 2. The molecule has 0 N–H and O–H groups in total. The summed E-state index contributed by atoms with van der Waals surface area (Å²) < 4.78 is 32.2. The van der Waals surface area contributed by atoms with Gasteiger partial charge in [0.2, 0.25) is 5.91 Å². The zero-order valence-corrected chi connectivity index (χ0v) is 19.3. The molecule has 1 aromatic heterocycles. The summed E-state index contributed by atoms with van der Waals surface area (Å²) in [7, 11) is -3.54. The third-order valence-corrected chi connectivity index (χ3v) is 8.21. The van der Waals surface area contributed by atoms with Crippen LogP contribution in [0.25, 0.3) is 10.2 Å². The predicted molar refractivity (Wildman–Crippen MR) is 124 cm³/mol. The van der Waals surface area contributed by atoms with Crippen molar-refractivity contribution in [2.45, 2.75) is 44.1 Å². The number of anilines is 1. The molecule has 0 saturated carbocycles. The first-order valence-corrected chi connectivity index (χ1v) is 12.9. The lowest BCUT2D eigenvalue weighted by Crippen LogP contribution is -2.38. The maximum absolute atomic E-state index is 13.2. The fraction of sp³-hybridized carbons (Fsp3) is 0.391. The van der Waals surface area contributed by atoms with Gasteiger partial charge in [0, 0.05) is 13.0 Å². The minimum absolute atomic E-state index is 0.0496. The summed E-state index contributed by atoms with van der Waals surface area (Å²) in [4.78, 5) is 19.7. The molecule has 2 aromatic carbocycles. The molecule has 0 bridgehead atoms. The number of ether oxygens (including phenoxy) is 1. The third kappa shape index (κ3) is 5.14. The molecule has 1 aliphatic heterocycles. The van der Waals surface area contributed by atoms with Crippen molar-refractivity contribution in [3.05, 3.63) is 53.6 Å². The number of carbonyl (C=O) groups is 1. The highest BCUT2D eigenvalue weighted by Crippen LogP contribution is 2.31. The molecule has 8 heteroatoms. The maximum Gasteiger partial charge on any atom is 0.229 e. The van der Waals surface area contributed by atoms with Crippen molar-refractivity contribution >= 4 is 42.4 Å². The fourth-order valence-electron chi connectivity index (χ4n) is 3.63. The first-order chi connectivity index (χ1) is 14.8. The second kappa shape index (κ2) is 9.06. The topological polar surface area (TPSA) is 76.6 Å². The van der Waals surface area contributed by atoms with E-state index in [0.717, 1.165) is 34.2 Å². The monoisotopic (exact) mass is 458 g/mol. The summed E-state index contributed by atoms with van der Waals surface area (Å²) in [6.07, 6.45) is 1.70. The number of aryl methyl sites for hydroxylation is 2. The van der Waals surface area contributed by atoms with Gasteiger partial charge in [0.15, 0.2) is 15.0 Å². The van der Waals surface area contributed by atoms with Crippen LogP contribution < -0.4 is 4.90 Å². The molecular formula is C23H26N2O4S2. The Hall–Kier alpha value is -2.29. The van der Waals surface area contributed by atoms with Crippen LogP contribution in [-0.4, -0.2) is 44.3 Å². The average molecular weight is 459 g/mol. The number of sulfone groups is 1. The van der Waals surface area contributed by atoms with Gasteiger partial charge in [0.05, 0.1) is 33.5 Å². The number of aromatic nitrogens is 1. The highest BCUT2D eigenvalue weighted by molar-refractivity contribution is 7.91. The Bertz CT molecular complexity index is 1180. The largest absolute Gasteiger partial charge is 0.376 e. The molecule has 1 atom stereocenters. The summed E-state index contributed by atoms with van der Waals surface area (Å²) in [6, 6.07) is 12.7. The van der Waals surface area contributed by atoms with Gasteiger partial charge in [0.1, 0.15) is 0 Å². The van der Waals surface area contributed by atoms with Crippen molar-refractivity contribution in [3.8, 4) is 0 Å². The summed E-state index contributed by atoms with van der Waals surface area (Å²) in [5.74, 6) is -0.483. The van der Waals surface area contributed by atoms with Gasteiger partial charge in [-0.25, -0.2) is 13.4 Å². The van der Waals surface area contributed by atoms with Crippen molar-refractivity contribution in [3.63, 3.8) is 0 Å². The molecule has 31 heavy (non-hydrogen) atoms. The van der Waals surface area contributed by atoms with Gasteiger partial charge in [0.25, 0.3) is 0 Å². The fourth-order valence-corrected chi connectivity index (χ4v) is 5.95. The molecule has 1 unspecified atom stereocenters. The van der Waals surface area contributed by atoms with Gasteiger partial charge in [-0.3, -0.25) is 9.69 Å². The highest BCUT2D eigenvalue weighted by Gasteiger charge is 2.27. The number of hydrogen-bond acceptors (Lipinski definition) is 6. The molecule has 2 heterocycles. The Kier molecular flexibility index (Phi) is 6.41. The number of fused-ring (bicyclic) bond motifs is 1. The lowest BCUT2D eigenvalue weighted by Gasteiger charge is -2.23. The van der Waals surface area contributed by atoms with Crippen LogP contribution in [0.1, 0.15) is 30.4 Å². The lowest BCUT2D eigenvalue weighted by molar-refractivity contribution is -0.118. The van der Waals surface area contributed by atoms with Crippen LogP contribution in [0, 0.1) is 13.8 Å². The molecule has 1 fully saturated rings. The van der Waals surface area contributed by atoms with Crippen molar-refractivity contribution < 1.29 is 17.9 Å². The molecule has 1 saturated heterocycles. The minimum Gasteiger partial charge on any atom is -0.376 e. The van der Waals surface area contributed by atoms with Crippen LogP contribution in [0.15, 0.2) is 47.4 Å². The van der Waals surface area contributed by atoms with E-state index in [1.807, 2.05) is 32.0 Å². The first kappa shape index (κ1) is 21.9. The first-order valence-electron chi connectivity index (χ1n) is 10.4. The zero-order chi connectivity index (χ0) is 22.0. The molecule has 1 amide bonds. The molecule has 0 spiro atoms. The van der Waals surface area contributed by atoms with Crippen LogP contribution >= 0.6 is 11.3 Å². The summed E-state index contributed by atoms with van der Waals surface area (Å²) >= 11 is 1.45. The van der Waals surface area contributed by atoms with Crippen LogP contribution in [0.2, 0.25) is 0 Å². The van der Waals surface area contributed by atoms with Crippen molar-refractivity contribution in [1.29, 1.82) is 0 Å². The number of nitrogens with zero attached hydrogens (tertiary/aromatic N) is 2. The van der Waals surface area contributed by atoms with Crippen LogP contribution in [0.3, 0.4) is 0 Å². The molecule has 1 aliphatic rings. The Labute approximate surface area is 186 Å². The molecule has 3 aromatic rings. The summed E-state index contributed by atoms with van der Waals surface area (Å²) in [5.41, 5.74) is 2.95. The highest BCUT2D eigenvalue weighted by atomic mass is 32.2. The second-order valence-corrected chi connectivity index (χ2v) is 11.1. The van der Waals surface area contributed by atoms with E-state index in [1.54, 1.807) is 29.2 Å². The quantitative estimate of drug-likeness (QED) is 0.528. The zero-order valence-electron chi connectivity index (χ0n) is 17.7. The molecule has 4 rings (SSSR count). The van der Waals surface area contributed by atoms with Gasteiger partial charge >= 0.3 is 0 Å². The number of thiazole rings is 1. The number of carbonyl (C=O) groups excluding carboxylic acids is 1. The van der Waals surface area contributed by atoms with Crippen LogP contribution in [0.5, 0.6) is 0 Å². The number of hydrogen-bond donors (Lipinski definition) is 0. The van der Waals surface area contributed by atoms with E-state index >= 15 is 0 Å². The van der Waals surface area contributed by atoms with Crippen LogP contribution in [0.4, 0.5) is 5.13 Å². The number of amides is 1. The second-order valence-electron chi connectivity index (χ2n) is 7.99. The minimum atomic E-state index is -3.54. The Balaban J connectivity index is 1.55. The Morgan fingerprint density at radius 2 is 1.90 bits per heavy atom. The third-order valence-electron chi connectivity index (χ3n) is 5.44. The molecular weight excluding hydrogens is 432 g/mol. The van der Waals surface area contributed by atoms with Gasteiger partial charge in [-0.1, -0.05) is 35.1 Å². The van der Waals surface area contributed by atoms with E-state index < -0.39 is 9.84 Å². The molecule has 0 radical (unpaired) electrons. The van der Waals surface area contributed by atoms with E-state index in [-0.39, 0.29) is 29.1 Å². The van der Waals surface area contributed by atoms with Crippen LogP contribution in [-0.2, 0) is 19.4 Å².